The summed E-state index contributed by atoms with van der Waals surface area (Å²) in [7, 11) is 0. The fraction of sp³-hybridized carbons (Fsp3) is 0.269. The Balaban J connectivity index is 1.14. The van der Waals surface area contributed by atoms with Crippen molar-refractivity contribution >= 4 is 33.7 Å². The number of aryl methyl sites for hydroxylation is 1. The third kappa shape index (κ3) is 4.12. The Hall–Kier alpha value is -3.85. The van der Waals surface area contributed by atoms with E-state index in [1.807, 2.05) is 60.1 Å². The highest BCUT2D eigenvalue weighted by Crippen LogP contribution is 2.34. The molecule has 0 unspecified atom stereocenters. The highest BCUT2D eigenvalue weighted by molar-refractivity contribution is 7.15. The molecule has 8 nitrogen and oxygen atoms in total. The molecule has 1 aliphatic rings. The quantitative estimate of drug-likeness (QED) is 0.392. The van der Waals surface area contributed by atoms with Crippen LogP contribution in [0.15, 0.2) is 59.8 Å². The molecular weight excluding hydrogens is 460 g/mol. The van der Waals surface area contributed by atoms with Crippen molar-refractivity contribution in [2.24, 2.45) is 0 Å². The number of thiazole rings is 1. The average Bonchev–Trinajstić information content (AvgIpc) is 3.51. The van der Waals surface area contributed by atoms with Gasteiger partial charge in [-0.05, 0) is 56.4 Å². The Morgan fingerprint density at radius 2 is 1.94 bits per heavy atom. The van der Waals surface area contributed by atoms with Crippen LogP contribution in [0.4, 0.5) is 0 Å². The first-order valence-electron chi connectivity index (χ1n) is 11.7. The minimum atomic E-state index is -0.160. The Kier molecular flexibility index (Phi) is 5.41. The van der Waals surface area contributed by atoms with Crippen molar-refractivity contribution in [1.29, 1.82) is 0 Å². The number of pyridine rings is 1. The third-order valence-electron chi connectivity index (χ3n) is 6.77. The number of nitrogens with one attached hydrogen (secondary N) is 2. The standard InChI is InChI=1S/C26H24N6O2S/c1-15-27-13-22(35-15)17-10-11-32-14-21(29-23(32)12-17)26(34)28-18-8-6-16(7-9-18)24-19-4-2-3-5-20(19)25(33)31-30-24/h2-5,10-14,16,18H,6-9H2,1H3,(H,28,34)(H,31,33). The molecule has 0 radical (unpaired) electrons. The lowest BCUT2D eigenvalue weighted by Crippen LogP contribution is -2.37. The van der Waals surface area contributed by atoms with Gasteiger partial charge in [0, 0.05) is 35.9 Å². The normalized spacial score (nSPS) is 18.2. The van der Waals surface area contributed by atoms with E-state index < -0.39 is 0 Å². The molecule has 1 fully saturated rings. The minimum absolute atomic E-state index is 0.0910. The predicted molar refractivity (Wildman–Crippen MR) is 136 cm³/mol. The molecule has 1 aliphatic carbocycles. The number of carbonyl (C=O) groups is 1. The lowest BCUT2D eigenvalue weighted by molar-refractivity contribution is 0.0921. The van der Waals surface area contributed by atoms with Crippen LogP contribution in [-0.4, -0.2) is 36.5 Å². The average molecular weight is 485 g/mol. The molecule has 0 spiro atoms. The second kappa shape index (κ2) is 8.74. The molecule has 4 aromatic heterocycles. The highest BCUT2D eigenvalue weighted by Gasteiger charge is 2.27. The Bertz CT molecular complexity index is 1610. The number of aromatic nitrogens is 5. The smallest absolute Gasteiger partial charge is 0.272 e. The van der Waals surface area contributed by atoms with Gasteiger partial charge in [0.1, 0.15) is 11.3 Å². The number of aromatic amines is 1. The Labute approximate surface area is 205 Å². The van der Waals surface area contributed by atoms with Gasteiger partial charge in [0.05, 0.1) is 21.0 Å². The largest absolute Gasteiger partial charge is 0.348 e. The molecule has 1 saturated carbocycles. The maximum atomic E-state index is 13.0. The van der Waals surface area contributed by atoms with Crippen LogP contribution >= 0.6 is 11.3 Å². The van der Waals surface area contributed by atoms with Gasteiger partial charge in [-0.1, -0.05) is 18.2 Å². The van der Waals surface area contributed by atoms with Gasteiger partial charge in [-0.3, -0.25) is 9.59 Å². The molecule has 1 amide bonds. The van der Waals surface area contributed by atoms with Crippen LogP contribution in [0.5, 0.6) is 0 Å². The maximum Gasteiger partial charge on any atom is 0.272 e. The summed E-state index contributed by atoms with van der Waals surface area (Å²) in [5, 5.41) is 12.8. The molecule has 176 valence electrons. The maximum absolute atomic E-state index is 13.0. The highest BCUT2D eigenvalue weighted by atomic mass is 32.1. The number of H-pyrrole nitrogens is 1. The number of nitrogens with zero attached hydrogens (tertiary/aromatic N) is 4. The van der Waals surface area contributed by atoms with Gasteiger partial charge < -0.3 is 9.72 Å². The lowest BCUT2D eigenvalue weighted by Gasteiger charge is -2.29. The van der Waals surface area contributed by atoms with Crippen LogP contribution in [0.3, 0.4) is 0 Å². The van der Waals surface area contributed by atoms with Gasteiger partial charge in [0.15, 0.2) is 0 Å². The summed E-state index contributed by atoms with van der Waals surface area (Å²) in [5.41, 5.74) is 2.98. The van der Waals surface area contributed by atoms with E-state index in [0.717, 1.165) is 57.9 Å². The van der Waals surface area contributed by atoms with E-state index >= 15 is 0 Å². The molecular formula is C26H24N6O2S. The first kappa shape index (κ1) is 21.7. The predicted octanol–water partition coefficient (Wildman–Crippen LogP) is 4.46. The molecule has 4 heterocycles. The van der Waals surface area contributed by atoms with Crippen molar-refractivity contribution in [3.05, 3.63) is 81.7 Å². The Morgan fingerprint density at radius 3 is 2.71 bits per heavy atom. The van der Waals surface area contributed by atoms with Crippen LogP contribution in [0.25, 0.3) is 26.9 Å². The minimum Gasteiger partial charge on any atom is -0.348 e. The number of hydrogen-bond donors (Lipinski definition) is 2. The number of benzene rings is 1. The zero-order valence-electron chi connectivity index (χ0n) is 19.2. The van der Waals surface area contributed by atoms with E-state index in [1.54, 1.807) is 17.5 Å². The van der Waals surface area contributed by atoms with Crippen LogP contribution in [-0.2, 0) is 0 Å². The van der Waals surface area contributed by atoms with Crippen molar-refractivity contribution in [2.45, 2.75) is 44.6 Å². The second-order valence-corrected chi connectivity index (χ2v) is 10.3. The first-order valence-corrected chi connectivity index (χ1v) is 12.6. The van der Waals surface area contributed by atoms with Crippen molar-refractivity contribution in [3.63, 3.8) is 0 Å². The number of hydrogen-bond acceptors (Lipinski definition) is 6. The van der Waals surface area contributed by atoms with E-state index in [0.29, 0.717) is 11.1 Å². The van der Waals surface area contributed by atoms with Gasteiger partial charge in [-0.15, -0.1) is 11.3 Å². The van der Waals surface area contributed by atoms with Gasteiger partial charge in [0.25, 0.3) is 11.5 Å². The zero-order valence-corrected chi connectivity index (χ0v) is 20.0. The summed E-state index contributed by atoms with van der Waals surface area (Å²) in [6.07, 6.45) is 9.07. The summed E-state index contributed by atoms with van der Waals surface area (Å²) in [6.45, 7) is 1.98. The number of fused-ring (bicyclic) bond motifs is 2. The summed E-state index contributed by atoms with van der Waals surface area (Å²) >= 11 is 1.64. The topological polar surface area (TPSA) is 105 Å². The van der Waals surface area contributed by atoms with Crippen LogP contribution in [0.1, 0.15) is 52.8 Å². The molecule has 0 saturated heterocycles. The molecule has 9 heteroatoms. The first-order chi connectivity index (χ1) is 17.0. The monoisotopic (exact) mass is 484 g/mol. The van der Waals surface area contributed by atoms with Gasteiger partial charge in [-0.2, -0.15) is 5.10 Å². The van der Waals surface area contributed by atoms with E-state index in [9.17, 15) is 9.59 Å². The van der Waals surface area contributed by atoms with Crippen LogP contribution in [0.2, 0.25) is 0 Å². The summed E-state index contributed by atoms with van der Waals surface area (Å²) in [6, 6.07) is 11.7. The molecule has 35 heavy (non-hydrogen) atoms. The fourth-order valence-electron chi connectivity index (χ4n) is 4.96. The van der Waals surface area contributed by atoms with Crippen molar-refractivity contribution < 1.29 is 4.79 Å². The summed E-state index contributed by atoms with van der Waals surface area (Å²) in [4.78, 5) is 35.0. The van der Waals surface area contributed by atoms with Gasteiger partial charge in [0.2, 0.25) is 0 Å². The van der Waals surface area contributed by atoms with E-state index in [-0.39, 0.29) is 23.4 Å². The van der Waals surface area contributed by atoms with Crippen molar-refractivity contribution in [2.75, 3.05) is 0 Å². The van der Waals surface area contributed by atoms with Crippen LogP contribution in [0, 0.1) is 6.92 Å². The molecule has 2 N–H and O–H groups in total. The summed E-state index contributed by atoms with van der Waals surface area (Å²) < 4.78 is 1.87. The van der Waals surface area contributed by atoms with Gasteiger partial charge >= 0.3 is 0 Å². The van der Waals surface area contributed by atoms with Crippen molar-refractivity contribution in [1.82, 2.24) is 29.9 Å². The number of carbonyl (C=O) groups excluding carboxylic acids is 1. The molecule has 0 aliphatic heterocycles. The number of imidazole rings is 1. The van der Waals surface area contributed by atoms with Crippen LogP contribution < -0.4 is 10.9 Å². The zero-order chi connectivity index (χ0) is 23.9. The van der Waals surface area contributed by atoms with E-state index in [1.165, 1.54) is 0 Å². The van der Waals surface area contributed by atoms with E-state index in [4.69, 9.17) is 0 Å². The van der Waals surface area contributed by atoms with Gasteiger partial charge in [-0.25, -0.2) is 15.1 Å². The lowest BCUT2D eigenvalue weighted by atomic mass is 9.82. The SMILES string of the molecule is Cc1ncc(-c2ccn3cc(C(=O)NC4CCC(c5n[nH]c(=O)c6ccccc56)CC4)nc3c2)s1. The van der Waals surface area contributed by atoms with Crippen molar-refractivity contribution in [3.8, 4) is 10.4 Å². The summed E-state index contributed by atoms with van der Waals surface area (Å²) in [5.74, 6) is 0.105. The van der Waals surface area contributed by atoms with E-state index in [2.05, 4.69) is 25.5 Å². The molecule has 6 rings (SSSR count). The number of rotatable bonds is 4. The number of amides is 1. The molecule has 5 aromatic rings. The third-order valence-corrected chi connectivity index (χ3v) is 7.74. The molecule has 1 aromatic carbocycles. The molecule has 0 bridgehead atoms. The Morgan fingerprint density at radius 1 is 1.14 bits per heavy atom. The molecule has 0 atom stereocenters. The fourth-order valence-corrected chi connectivity index (χ4v) is 5.73. The second-order valence-electron chi connectivity index (χ2n) is 9.06.